The van der Waals surface area contributed by atoms with E-state index in [0.717, 1.165) is 19.0 Å². The van der Waals surface area contributed by atoms with Gasteiger partial charge in [-0.1, -0.05) is 20.8 Å². The summed E-state index contributed by atoms with van der Waals surface area (Å²) >= 11 is 0. The van der Waals surface area contributed by atoms with Crippen LogP contribution >= 0.6 is 0 Å². The van der Waals surface area contributed by atoms with Crippen molar-refractivity contribution in [2.24, 2.45) is 11.8 Å². The lowest BCUT2D eigenvalue weighted by Gasteiger charge is -2.38. The third kappa shape index (κ3) is 3.25. The molecule has 0 amide bonds. The summed E-state index contributed by atoms with van der Waals surface area (Å²) in [5, 5.41) is 9.82. The summed E-state index contributed by atoms with van der Waals surface area (Å²) in [6.45, 7) is 10.8. The molecule has 3 unspecified atom stereocenters. The standard InChI is InChI=1S/C12H25NO/c1-9(2)12(14)8-13-6-5-10(3)7-11(13)4/h9-12,14H,5-8H2,1-4H3. The molecule has 0 spiro atoms. The Bertz CT molecular complexity index is 170. The van der Waals surface area contributed by atoms with Crippen LogP contribution in [0.2, 0.25) is 0 Å². The molecule has 84 valence electrons. The van der Waals surface area contributed by atoms with Gasteiger partial charge in [0.2, 0.25) is 0 Å². The normalized spacial score (nSPS) is 32.1. The largest absolute Gasteiger partial charge is 0.392 e. The molecular formula is C12H25NO. The van der Waals surface area contributed by atoms with E-state index in [0.29, 0.717) is 12.0 Å². The van der Waals surface area contributed by atoms with E-state index in [1.165, 1.54) is 12.8 Å². The summed E-state index contributed by atoms with van der Waals surface area (Å²) in [6, 6.07) is 0.646. The molecular weight excluding hydrogens is 174 g/mol. The third-order valence-electron chi connectivity index (χ3n) is 3.47. The molecule has 1 aliphatic heterocycles. The minimum atomic E-state index is -0.161. The number of β-amino-alcohol motifs (C(OH)–C–C–N with tert-alkyl or cyclic N) is 1. The molecule has 2 heteroatoms. The first kappa shape index (κ1) is 12.0. The number of likely N-dealkylation sites (tertiary alicyclic amines) is 1. The van der Waals surface area contributed by atoms with Crippen molar-refractivity contribution in [1.29, 1.82) is 0 Å². The molecule has 0 aromatic heterocycles. The molecule has 1 rings (SSSR count). The van der Waals surface area contributed by atoms with Crippen LogP contribution in [-0.4, -0.2) is 35.2 Å². The van der Waals surface area contributed by atoms with Crippen LogP contribution in [0.1, 0.15) is 40.5 Å². The Hall–Kier alpha value is -0.0800. The van der Waals surface area contributed by atoms with Gasteiger partial charge >= 0.3 is 0 Å². The van der Waals surface area contributed by atoms with Gasteiger partial charge in [-0.25, -0.2) is 0 Å². The second kappa shape index (κ2) is 5.13. The van der Waals surface area contributed by atoms with Gasteiger partial charge in [0, 0.05) is 12.6 Å². The van der Waals surface area contributed by atoms with Crippen molar-refractivity contribution in [1.82, 2.24) is 4.90 Å². The summed E-state index contributed by atoms with van der Waals surface area (Å²) in [5.74, 6) is 1.24. The second-order valence-corrected chi connectivity index (χ2v) is 5.28. The van der Waals surface area contributed by atoms with Crippen molar-refractivity contribution in [3.05, 3.63) is 0 Å². The van der Waals surface area contributed by atoms with E-state index in [-0.39, 0.29) is 6.10 Å². The number of rotatable bonds is 3. The Balaban J connectivity index is 2.37. The van der Waals surface area contributed by atoms with Crippen molar-refractivity contribution < 1.29 is 5.11 Å². The van der Waals surface area contributed by atoms with Crippen LogP contribution in [0.25, 0.3) is 0 Å². The maximum Gasteiger partial charge on any atom is 0.0690 e. The van der Waals surface area contributed by atoms with Crippen molar-refractivity contribution in [2.75, 3.05) is 13.1 Å². The van der Waals surface area contributed by atoms with Crippen LogP contribution in [0, 0.1) is 11.8 Å². The highest BCUT2D eigenvalue weighted by atomic mass is 16.3. The van der Waals surface area contributed by atoms with E-state index in [2.05, 4.69) is 32.6 Å². The molecule has 1 heterocycles. The van der Waals surface area contributed by atoms with Gasteiger partial charge in [0.25, 0.3) is 0 Å². The van der Waals surface area contributed by atoms with Gasteiger partial charge in [-0.2, -0.15) is 0 Å². The summed E-state index contributed by atoms with van der Waals surface area (Å²) < 4.78 is 0. The van der Waals surface area contributed by atoms with Crippen molar-refractivity contribution >= 4 is 0 Å². The molecule has 1 aliphatic rings. The molecule has 1 N–H and O–H groups in total. The van der Waals surface area contributed by atoms with Crippen LogP contribution in [0.4, 0.5) is 0 Å². The first-order chi connectivity index (χ1) is 6.50. The Labute approximate surface area is 88.3 Å². The highest BCUT2D eigenvalue weighted by Gasteiger charge is 2.25. The van der Waals surface area contributed by atoms with Gasteiger partial charge in [0.15, 0.2) is 0 Å². The first-order valence-corrected chi connectivity index (χ1v) is 5.92. The number of hydrogen-bond donors (Lipinski definition) is 1. The van der Waals surface area contributed by atoms with Gasteiger partial charge in [-0.05, 0) is 38.1 Å². The molecule has 0 radical (unpaired) electrons. The molecule has 0 aliphatic carbocycles. The number of aliphatic hydroxyl groups excluding tert-OH is 1. The molecule has 1 saturated heterocycles. The second-order valence-electron chi connectivity index (χ2n) is 5.28. The first-order valence-electron chi connectivity index (χ1n) is 5.92. The van der Waals surface area contributed by atoms with Crippen LogP contribution in [-0.2, 0) is 0 Å². The fraction of sp³-hybridized carbons (Fsp3) is 1.00. The number of nitrogens with zero attached hydrogens (tertiary/aromatic N) is 1. The Morgan fingerprint density at radius 2 is 2.00 bits per heavy atom. The monoisotopic (exact) mass is 199 g/mol. The minimum Gasteiger partial charge on any atom is -0.392 e. The zero-order valence-electron chi connectivity index (χ0n) is 10.0. The zero-order valence-corrected chi connectivity index (χ0v) is 10.0. The minimum absolute atomic E-state index is 0.161. The van der Waals surface area contributed by atoms with E-state index in [1.807, 2.05) is 0 Å². The van der Waals surface area contributed by atoms with Gasteiger partial charge in [0.05, 0.1) is 6.10 Å². The highest BCUT2D eigenvalue weighted by Crippen LogP contribution is 2.22. The molecule has 0 bridgehead atoms. The zero-order chi connectivity index (χ0) is 10.7. The lowest BCUT2D eigenvalue weighted by Crippen LogP contribution is -2.45. The van der Waals surface area contributed by atoms with Gasteiger partial charge in [-0.3, -0.25) is 4.90 Å². The van der Waals surface area contributed by atoms with Crippen LogP contribution in [0.3, 0.4) is 0 Å². The Morgan fingerprint density at radius 1 is 1.36 bits per heavy atom. The molecule has 3 atom stereocenters. The summed E-state index contributed by atoms with van der Waals surface area (Å²) in [6.07, 6.45) is 2.41. The molecule has 14 heavy (non-hydrogen) atoms. The topological polar surface area (TPSA) is 23.5 Å². The average molecular weight is 199 g/mol. The van der Waals surface area contributed by atoms with E-state index in [9.17, 15) is 5.11 Å². The SMILES string of the molecule is CC1CCN(CC(O)C(C)C)C(C)C1. The highest BCUT2D eigenvalue weighted by molar-refractivity contribution is 4.79. The van der Waals surface area contributed by atoms with E-state index in [1.54, 1.807) is 0 Å². The maximum atomic E-state index is 9.82. The quantitative estimate of drug-likeness (QED) is 0.752. The smallest absolute Gasteiger partial charge is 0.0690 e. The van der Waals surface area contributed by atoms with Crippen LogP contribution in [0.15, 0.2) is 0 Å². The predicted molar refractivity (Wildman–Crippen MR) is 60.3 cm³/mol. The third-order valence-corrected chi connectivity index (χ3v) is 3.47. The Kier molecular flexibility index (Phi) is 4.39. The molecule has 2 nitrogen and oxygen atoms in total. The summed E-state index contributed by atoms with van der Waals surface area (Å²) in [5.41, 5.74) is 0. The molecule has 1 fully saturated rings. The fourth-order valence-electron chi connectivity index (χ4n) is 2.18. The van der Waals surface area contributed by atoms with E-state index < -0.39 is 0 Å². The predicted octanol–water partition coefficient (Wildman–Crippen LogP) is 2.12. The number of hydrogen-bond acceptors (Lipinski definition) is 2. The van der Waals surface area contributed by atoms with Crippen molar-refractivity contribution in [3.8, 4) is 0 Å². The molecule has 0 saturated carbocycles. The van der Waals surface area contributed by atoms with Crippen molar-refractivity contribution in [2.45, 2.75) is 52.7 Å². The number of piperidine rings is 1. The van der Waals surface area contributed by atoms with Gasteiger partial charge in [0.1, 0.15) is 0 Å². The van der Waals surface area contributed by atoms with Crippen LogP contribution in [0.5, 0.6) is 0 Å². The fourth-order valence-corrected chi connectivity index (χ4v) is 2.18. The van der Waals surface area contributed by atoms with Crippen molar-refractivity contribution in [3.63, 3.8) is 0 Å². The lowest BCUT2D eigenvalue weighted by atomic mass is 9.92. The van der Waals surface area contributed by atoms with Gasteiger partial charge in [-0.15, -0.1) is 0 Å². The number of aliphatic hydroxyl groups is 1. The Morgan fingerprint density at radius 3 is 2.50 bits per heavy atom. The van der Waals surface area contributed by atoms with Crippen LogP contribution < -0.4 is 0 Å². The van der Waals surface area contributed by atoms with Gasteiger partial charge < -0.3 is 5.11 Å². The van der Waals surface area contributed by atoms with E-state index in [4.69, 9.17) is 0 Å². The lowest BCUT2D eigenvalue weighted by molar-refractivity contribution is 0.0381. The molecule has 0 aromatic carbocycles. The van der Waals surface area contributed by atoms with E-state index >= 15 is 0 Å². The molecule has 0 aromatic rings. The summed E-state index contributed by atoms with van der Waals surface area (Å²) in [7, 11) is 0. The summed E-state index contributed by atoms with van der Waals surface area (Å²) in [4.78, 5) is 2.44. The maximum absolute atomic E-state index is 9.82. The average Bonchev–Trinajstić information content (AvgIpc) is 2.09.